The van der Waals surface area contributed by atoms with E-state index in [1.807, 2.05) is 20.8 Å². The van der Waals surface area contributed by atoms with Crippen molar-refractivity contribution in [3.8, 4) is 5.88 Å². The van der Waals surface area contributed by atoms with E-state index in [4.69, 9.17) is 9.47 Å². The quantitative estimate of drug-likeness (QED) is 0.889. The third kappa shape index (κ3) is 5.63. The molecular formula is C17H28N4O3. The van der Waals surface area contributed by atoms with Crippen LogP contribution in [-0.4, -0.2) is 52.8 Å². The van der Waals surface area contributed by atoms with Crippen LogP contribution >= 0.6 is 0 Å². The number of aromatic nitrogens is 2. The molecule has 1 aliphatic rings. The molecule has 1 atom stereocenters. The molecule has 1 aromatic rings. The van der Waals surface area contributed by atoms with Crippen LogP contribution < -0.4 is 10.1 Å². The highest BCUT2D eigenvalue weighted by Crippen LogP contribution is 2.21. The number of carbonyl (C=O) groups is 1. The van der Waals surface area contributed by atoms with E-state index in [-0.39, 0.29) is 12.1 Å². The molecule has 0 radical (unpaired) electrons. The van der Waals surface area contributed by atoms with Crippen LogP contribution in [0.25, 0.3) is 0 Å². The molecule has 134 valence electrons. The SMILES string of the molecule is COc1nccnc1CN1CCCC[C@H]1CNC(=O)OC(C)(C)C. The fraction of sp³-hybridized carbons (Fsp3) is 0.706. The Balaban J connectivity index is 1.94. The first-order valence-electron chi connectivity index (χ1n) is 8.44. The largest absolute Gasteiger partial charge is 0.480 e. The van der Waals surface area contributed by atoms with Crippen molar-refractivity contribution in [3.05, 3.63) is 18.1 Å². The van der Waals surface area contributed by atoms with Crippen molar-refractivity contribution in [1.82, 2.24) is 20.2 Å². The Morgan fingerprint density at radius 1 is 1.33 bits per heavy atom. The van der Waals surface area contributed by atoms with Gasteiger partial charge in [-0.1, -0.05) is 6.42 Å². The molecule has 7 heteroatoms. The normalized spacial score (nSPS) is 18.9. The third-order valence-corrected chi connectivity index (χ3v) is 3.91. The van der Waals surface area contributed by atoms with Crippen LogP contribution in [0, 0.1) is 0 Å². The summed E-state index contributed by atoms with van der Waals surface area (Å²) < 4.78 is 10.6. The van der Waals surface area contributed by atoms with Gasteiger partial charge >= 0.3 is 6.09 Å². The molecule has 1 aliphatic heterocycles. The minimum absolute atomic E-state index is 0.262. The predicted octanol–water partition coefficient (Wildman–Crippen LogP) is 2.36. The van der Waals surface area contributed by atoms with E-state index in [0.29, 0.717) is 19.0 Å². The summed E-state index contributed by atoms with van der Waals surface area (Å²) >= 11 is 0. The lowest BCUT2D eigenvalue weighted by Gasteiger charge is -2.35. The Morgan fingerprint density at radius 3 is 2.79 bits per heavy atom. The number of amides is 1. The maximum absolute atomic E-state index is 11.9. The zero-order valence-corrected chi connectivity index (χ0v) is 15.0. The summed E-state index contributed by atoms with van der Waals surface area (Å²) in [7, 11) is 1.60. The zero-order chi connectivity index (χ0) is 17.6. The van der Waals surface area contributed by atoms with Gasteiger partial charge in [-0.3, -0.25) is 9.88 Å². The van der Waals surface area contributed by atoms with Crippen LogP contribution in [0.3, 0.4) is 0 Å². The Morgan fingerprint density at radius 2 is 2.08 bits per heavy atom. The number of nitrogens with one attached hydrogen (secondary N) is 1. The lowest BCUT2D eigenvalue weighted by atomic mass is 10.0. The Bertz CT molecular complexity index is 545. The lowest BCUT2D eigenvalue weighted by molar-refractivity contribution is 0.0491. The molecule has 0 aliphatic carbocycles. The first kappa shape index (κ1) is 18.4. The fourth-order valence-electron chi connectivity index (χ4n) is 2.84. The van der Waals surface area contributed by atoms with Crippen LogP contribution in [0.15, 0.2) is 12.4 Å². The van der Waals surface area contributed by atoms with Crippen LogP contribution in [0.4, 0.5) is 4.79 Å². The molecule has 24 heavy (non-hydrogen) atoms. The van der Waals surface area contributed by atoms with Gasteiger partial charge in [0.05, 0.1) is 7.11 Å². The zero-order valence-electron chi connectivity index (χ0n) is 15.0. The van der Waals surface area contributed by atoms with Crippen molar-refractivity contribution >= 4 is 6.09 Å². The summed E-state index contributed by atoms with van der Waals surface area (Å²) in [5.74, 6) is 0.557. The average molecular weight is 336 g/mol. The minimum atomic E-state index is -0.483. The standard InChI is InChI=1S/C17H28N4O3/c1-17(2,3)24-16(22)20-11-13-7-5-6-10-21(13)12-14-15(23-4)19-9-8-18-14/h8-9,13H,5-7,10-12H2,1-4H3,(H,20,22)/t13-/m0/s1. The van der Waals surface area contributed by atoms with Gasteiger partial charge in [0.15, 0.2) is 0 Å². The maximum Gasteiger partial charge on any atom is 0.407 e. The van der Waals surface area contributed by atoms with Crippen LogP contribution in [0.2, 0.25) is 0 Å². The van der Waals surface area contributed by atoms with E-state index < -0.39 is 5.60 Å². The lowest BCUT2D eigenvalue weighted by Crippen LogP contribution is -2.47. The summed E-state index contributed by atoms with van der Waals surface area (Å²) in [6.45, 7) is 7.79. The van der Waals surface area contributed by atoms with Gasteiger partial charge in [0.2, 0.25) is 5.88 Å². The van der Waals surface area contributed by atoms with E-state index in [1.54, 1.807) is 19.5 Å². The second-order valence-corrected chi connectivity index (χ2v) is 7.02. The fourth-order valence-corrected chi connectivity index (χ4v) is 2.84. The molecule has 1 amide bonds. The Hall–Kier alpha value is -1.89. The van der Waals surface area contributed by atoms with Gasteiger partial charge in [-0.05, 0) is 40.2 Å². The molecule has 1 N–H and O–H groups in total. The highest BCUT2D eigenvalue weighted by Gasteiger charge is 2.25. The Labute approximate surface area is 143 Å². The number of hydrogen-bond acceptors (Lipinski definition) is 6. The van der Waals surface area contributed by atoms with Crippen LogP contribution in [0.5, 0.6) is 5.88 Å². The highest BCUT2D eigenvalue weighted by atomic mass is 16.6. The molecule has 1 fully saturated rings. The van der Waals surface area contributed by atoms with Gasteiger partial charge in [0, 0.05) is 31.5 Å². The van der Waals surface area contributed by atoms with Crippen molar-refractivity contribution in [1.29, 1.82) is 0 Å². The molecule has 7 nitrogen and oxygen atoms in total. The number of carbonyl (C=O) groups excluding carboxylic acids is 1. The van der Waals surface area contributed by atoms with E-state index >= 15 is 0 Å². The summed E-state index contributed by atoms with van der Waals surface area (Å²) in [6, 6.07) is 0.262. The molecule has 0 spiro atoms. The Kier molecular flexibility index (Phi) is 6.36. The van der Waals surface area contributed by atoms with Gasteiger partial charge < -0.3 is 14.8 Å². The summed E-state index contributed by atoms with van der Waals surface area (Å²) in [4.78, 5) is 22.8. The van der Waals surface area contributed by atoms with Crippen LogP contribution in [-0.2, 0) is 11.3 Å². The molecule has 1 saturated heterocycles. The van der Waals surface area contributed by atoms with Gasteiger partial charge in [-0.2, -0.15) is 0 Å². The molecule has 2 heterocycles. The molecule has 1 aromatic heterocycles. The van der Waals surface area contributed by atoms with E-state index in [9.17, 15) is 4.79 Å². The molecule has 0 bridgehead atoms. The number of hydrogen-bond donors (Lipinski definition) is 1. The predicted molar refractivity (Wildman–Crippen MR) is 90.9 cm³/mol. The van der Waals surface area contributed by atoms with Crippen molar-refractivity contribution in [2.45, 2.75) is 58.2 Å². The number of piperidine rings is 1. The average Bonchev–Trinajstić information content (AvgIpc) is 2.53. The number of likely N-dealkylation sites (tertiary alicyclic amines) is 1. The smallest absolute Gasteiger partial charge is 0.407 e. The van der Waals surface area contributed by atoms with Crippen LogP contribution in [0.1, 0.15) is 45.7 Å². The van der Waals surface area contributed by atoms with Crippen molar-refractivity contribution in [3.63, 3.8) is 0 Å². The van der Waals surface area contributed by atoms with Gasteiger partial charge in [-0.15, -0.1) is 0 Å². The topological polar surface area (TPSA) is 76.6 Å². The van der Waals surface area contributed by atoms with Crippen molar-refractivity contribution in [2.24, 2.45) is 0 Å². The number of alkyl carbamates (subject to hydrolysis) is 1. The number of rotatable bonds is 5. The first-order chi connectivity index (χ1) is 11.4. The first-order valence-corrected chi connectivity index (χ1v) is 8.44. The second kappa shape index (κ2) is 8.28. The monoisotopic (exact) mass is 336 g/mol. The van der Waals surface area contributed by atoms with Crippen molar-refractivity contribution < 1.29 is 14.3 Å². The second-order valence-electron chi connectivity index (χ2n) is 7.02. The molecular weight excluding hydrogens is 308 g/mol. The highest BCUT2D eigenvalue weighted by molar-refractivity contribution is 5.67. The van der Waals surface area contributed by atoms with E-state index in [1.165, 1.54) is 0 Å². The maximum atomic E-state index is 11.9. The molecule has 2 rings (SSSR count). The third-order valence-electron chi connectivity index (χ3n) is 3.91. The molecule has 0 saturated carbocycles. The molecule has 0 unspecified atom stereocenters. The molecule has 0 aromatic carbocycles. The van der Waals surface area contributed by atoms with Gasteiger partial charge in [0.25, 0.3) is 0 Å². The number of ether oxygens (including phenoxy) is 2. The summed E-state index contributed by atoms with van der Waals surface area (Å²) in [6.07, 6.45) is 6.28. The number of methoxy groups -OCH3 is 1. The minimum Gasteiger partial charge on any atom is -0.480 e. The van der Waals surface area contributed by atoms with E-state index in [0.717, 1.165) is 31.5 Å². The summed E-state index contributed by atoms with van der Waals surface area (Å²) in [5, 5.41) is 2.88. The van der Waals surface area contributed by atoms with Gasteiger partial charge in [0.1, 0.15) is 11.3 Å². The van der Waals surface area contributed by atoms with E-state index in [2.05, 4.69) is 20.2 Å². The van der Waals surface area contributed by atoms with Gasteiger partial charge in [-0.25, -0.2) is 9.78 Å². The summed E-state index contributed by atoms with van der Waals surface area (Å²) in [5.41, 5.74) is 0.340. The number of nitrogens with zero attached hydrogens (tertiary/aromatic N) is 3. The van der Waals surface area contributed by atoms with Crippen molar-refractivity contribution in [2.75, 3.05) is 20.2 Å².